The molecule has 1 unspecified atom stereocenters. The molecule has 0 amide bonds. The maximum atomic E-state index is 4.92. The number of rotatable bonds is 4. The lowest BCUT2D eigenvalue weighted by Crippen LogP contribution is -2.25. The number of aryl methyl sites for hydroxylation is 1. The van der Waals surface area contributed by atoms with Crippen LogP contribution in [0.2, 0.25) is 0 Å². The molecule has 2 aliphatic carbocycles. The van der Waals surface area contributed by atoms with Gasteiger partial charge in [0.2, 0.25) is 0 Å². The van der Waals surface area contributed by atoms with E-state index in [4.69, 9.17) is 4.98 Å². The topological polar surface area (TPSA) is 37.8 Å². The average Bonchev–Trinajstić information content (AvgIpc) is 3.22. The number of pyridine rings is 1. The highest BCUT2D eigenvalue weighted by Gasteiger charge is 2.28. The Morgan fingerprint density at radius 1 is 1.25 bits per heavy atom. The molecule has 0 aliphatic heterocycles. The van der Waals surface area contributed by atoms with E-state index in [0.717, 1.165) is 23.3 Å². The molecule has 1 N–H and O–H groups in total. The molecule has 0 spiro atoms. The third kappa shape index (κ3) is 2.50. The minimum atomic E-state index is 0.605. The predicted octanol–water partition coefficient (Wildman–Crippen LogP) is 3.38. The van der Waals surface area contributed by atoms with Gasteiger partial charge in [-0.3, -0.25) is 4.98 Å². The van der Waals surface area contributed by atoms with Crippen LogP contribution in [-0.2, 0) is 6.42 Å². The van der Waals surface area contributed by atoms with Gasteiger partial charge >= 0.3 is 0 Å². The first-order chi connectivity index (χ1) is 9.90. The monoisotopic (exact) mass is 285 g/mol. The first-order valence-electron chi connectivity index (χ1n) is 7.54. The molecule has 0 bridgehead atoms. The van der Waals surface area contributed by atoms with Crippen molar-refractivity contribution in [1.29, 1.82) is 0 Å². The van der Waals surface area contributed by atoms with Gasteiger partial charge in [0.05, 0.1) is 11.4 Å². The van der Waals surface area contributed by atoms with Crippen LogP contribution in [0.15, 0.2) is 24.4 Å². The zero-order valence-electron chi connectivity index (χ0n) is 11.5. The van der Waals surface area contributed by atoms with Gasteiger partial charge in [-0.25, -0.2) is 4.98 Å². The predicted molar refractivity (Wildman–Crippen MR) is 82.0 cm³/mol. The summed E-state index contributed by atoms with van der Waals surface area (Å²) in [6.07, 6.45) is 8.33. The van der Waals surface area contributed by atoms with Crippen LogP contribution in [0.1, 0.15) is 42.2 Å². The third-order valence-corrected chi connectivity index (χ3v) is 5.34. The maximum Gasteiger partial charge on any atom is 0.142 e. The Morgan fingerprint density at radius 2 is 2.20 bits per heavy atom. The summed E-state index contributed by atoms with van der Waals surface area (Å²) in [4.78, 5) is 10.8. The maximum absolute atomic E-state index is 4.92. The van der Waals surface area contributed by atoms with E-state index in [1.807, 2.05) is 29.7 Å². The fraction of sp³-hybridized carbons (Fsp3) is 0.500. The number of hydrogen-bond donors (Lipinski definition) is 1. The summed E-state index contributed by atoms with van der Waals surface area (Å²) in [5.41, 5.74) is 2.36. The molecule has 2 aromatic rings. The number of fused-ring (bicyclic) bond motifs is 1. The molecule has 0 saturated heterocycles. The lowest BCUT2D eigenvalue weighted by Gasteiger charge is -2.21. The Morgan fingerprint density at radius 3 is 3.00 bits per heavy atom. The van der Waals surface area contributed by atoms with Crippen molar-refractivity contribution < 1.29 is 0 Å². The molecule has 2 aliphatic rings. The van der Waals surface area contributed by atoms with Crippen LogP contribution in [-0.4, -0.2) is 22.6 Å². The van der Waals surface area contributed by atoms with Gasteiger partial charge in [0.15, 0.2) is 0 Å². The summed E-state index contributed by atoms with van der Waals surface area (Å²) in [5.74, 6) is 0.605. The number of nitrogens with zero attached hydrogens (tertiary/aromatic N) is 2. The highest BCUT2D eigenvalue weighted by Crippen LogP contribution is 2.37. The van der Waals surface area contributed by atoms with Crippen molar-refractivity contribution in [3.05, 3.63) is 35.0 Å². The van der Waals surface area contributed by atoms with Crippen LogP contribution in [0.5, 0.6) is 0 Å². The van der Waals surface area contributed by atoms with Gasteiger partial charge < -0.3 is 5.32 Å². The highest BCUT2D eigenvalue weighted by atomic mass is 32.1. The van der Waals surface area contributed by atoms with Crippen molar-refractivity contribution in [3.63, 3.8) is 0 Å². The van der Waals surface area contributed by atoms with E-state index in [1.54, 1.807) is 0 Å². The van der Waals surface area contributed by atoms with E-state index >= 15 is 0 Å². The van der Waals surface area contributed by atoms with Gasteiger partial charge in [-0.15, -0.1) is 11.3 Å². The molecule has 0 radical (unpaired) electrons. The Bertz CT molecular complexity index is 589. The molecule has 2 aromatic heterocycles. The van der Waals surface area contributed by atoms with Gasteiger partial charge in [0.1, 0.15) is 5.01 Å². The van der Waals surface area contributed by atoms with Crippen LogP contribution < -0.4 is 5.32 Å². The van der Waals surface area contributed by atoms with Crippen LogP contribution >= 0.6 is 11.3 Å². The van der Waals surface area contributed by atoms with Gasteiger partial charge in [-0.05, 0) is 44.2 Å². The van der Waals surface area contributed by atoms with Gasteiger partial charge in [-0.1, -0.05) is 6.07 Å². The van der Waals surface area contributed by atoms with Gasteiger partial charge in [0.25, 0.3) is 0 Å². The molecule has 1 atom stereocenters. The fourth-order valence-corrected chi connectivity index (χ4v) is 4.07. The molecule has 1 saturated carbocycles. The van der Waals surface area contributed by atoms with Crippen molar-refractivity contribution in [2.75, 3.05) is 6.54 Å². The van der Waals surface area contributed by atoms with Crippen LogP contribution in [0, 0.1) is 0 Å². The second kappa shape index (κ2) is 5.26. The van der Waals surface area contributed by atoms with E-state index < -0.39 is 0 Å². The molecular weight excluding hydrogens is 266 g/mol. The van der Waals surface area contributed by atoms with Crippen LogP contribution in [0.25, 0.3) is 10.7 Å². The first kappa shape index (κ1) is 12.5. The highest BCUT2D eigenvalue weighted by molar-refractivity contribution is 7.15. The van der Waals surface area contributed by atoms with E-state index in [-0.39, 0.29) is 0 Å². The Kier molecular flexibility index (Phi) is 3.28. The third-order valence-electron chi connectivity index (χ3n) is 4.18. The minimum Gasteiger partial charge on any atom is -0.313 e. The molecule has 104 valence electrons. The minimum absolute atomic E-state index is 0.605. The number of thiazole rings is 1. The summed E-state index contributed by atoms with van der Waals surface area (Å²) in [6.45, 7) is 1.10. The van der Waals surface area contributed by atoms with Crippen molar-refractivity contribution in [1.82, 2.24) is 15.3 Å². The van der Waals surface area contributed by atoms with Crippen molar-refractivity contribution >= 4 is 11.3 Å². The molecule has 20 heavy (non-hydrogen) atoms. The number of aromatic nitrogens is 2. The Labute approximate surface area is 123 Å². The molecule has 0 aromatic carbocycles. The van der Waals surface area contributed by atoms with Gasteiger partial charge in [0, 0.05) is 29.6 Å². The lowest BCUT2D eigenvalue weighted by atomic mass is 9.91. The summed E-state index contributed by atoms with van der Waals surface area (Å²) in [7, 11) is 0. The summed E-state index contributed by atoms with van der Waals surface area (Å²) < 4.78 is 0. The van der Waals surface area contributed by atoms with E-state index in [2.05, 4.69) is 16.4 Å². The largest absolute Gasteiger partial charge is 0.313 e. The first-order valence-corrected chi connectivity index (χ1v) is 8.36. The summed E-state index contributed by atoms with van der Waals surface area (Å²) in [5, 5.41) is 4.76. The Balaban J connectivity index is 1.59. The molecular formula is C16H19N3S. The molecule has 3 nitrogen and oxygen atoms in total. The zero-order valence-corrected chi connectivity index (χ0v) is 12.3. The SMILES string of the molecule is c1ccc(-c2nc3c(s2)CCCC3CNC2CC2)nc1. The summed E-state index contributed by atoms with van der Waals surface area (Å²) in [6, 6.07) is 6.84. The van der Waals surface area contributed by atoms with E-state index in [9.17, 15) is 0 Å². The average molecular weight is 285 g/mol. The molecule has 4 rings (SSSR count). The van der Waals surface area contributed by atoms with Crippen LogP contribution in [0.3, 0.4) is 0 Å². The van der Waals surface area contributed by atoms with Crippen molar-refractivity contribution in [3.8, 4) is 10.7 Å². The second-order valence-corrected chi connectivity index (χ2v) is 6.90. The van der Waals surface area contributed by atoms with E-state index in [0.29, 0.717) is 5.92 Å². The number of nitrogens with one attached hydrogen (secondary N) is 1. The molecule has 4 heteroatoms. The standard InChI is InChI=1S/C16H19N3S/c1-2-9-17-13(5-1)16-19-15-11(10-18-12-7-8-12)4-3-6-14(15)20-16/h1-2,5,9,11-12,18H,3-4,6-8,10H2. The fourth-order valence-electron chi connectivity index (χ4n) is 2.90. The zero-order chi connectivity index (χ0) is 13.4. The van der Waals surface area contributed by atoms with E-state index in [1.165, 1.54) is 42.7 Å². The summed E-state index contributed by atoms with van der Waals surface area (Å²) >= 11 is 1.84. The smallest absolute Gasteiger partial charge is 0.142 e. The van der Waals surface area contributed by atoms with Crippen molar-refractivity contribution in [2.24, 2.45) is 0 Å². The lowest BCUT2D eigenvalue weighted by molar-refractivity contribution is 0.500. The quantitative estimate of drug-likeness (QED) is 0.936. The van der Waals surface area contributed by atoms with Crippen LogP contribution in [0.4, 0.5) is 0 Å². The van der Waals surface area contributed by atoms with Crippen molar-refractivity contribution in [2.45, 2.75) is 44.1 Å². The normalized spacial score (nSPS) is 21.7. The Hall–Kier alpha value is -1.26. The molecule has 2 heterocycles. The second-order valence-electron chi connectivity index (χ2n) is 5.81. The molecule has 1 fully saturated rings. The van der Waals surface area contributed by atoms with Gasteiger partial charge in [-0.2, -0.15) is 0 Å². The number of hydrogen-bond acceptors (Lipinski definition) is 4.